The molecule has 1 heterocycles. The summed E-state index contributed by atoms with van der Waals surface area (Å²) in [5.41, 5.74) is 0. The van der Waals surface area contributed by atoms with Crippen LogP contribution < -0.4 is 5.32 Å². The van der Waals surface area contributed by atoms with Crippen LogP contribution in [0.3, 0.4) is 0 Å². The smallest absolute Gasteiger partial charge is 0.328 e. The molecule has 1 rings (SSSR count). The van der Waals surface area contributed by atoms with Gasteiger partial charge in [-0.1, -0.05) is 19.3 Å². The third-order valence-electron chi connectivity index (χ3n) is 2.75. The second-order valence-electron chi connectivity index (χ2n) is 4.22. The van der Waals surface area contributed by atoms with Gasteiger partial charge >= 0.3 is 12.0 Å². The largest absolute Gasteiger partial charge is 0.478 e. The number of hydrogen-bond donors (Lipinski definition) is 2. The molecule has 0 saturated carbocycles. The van der Waals surface area contributed by atoms with Gasteiger partial charge in [0.1, 0.15) is 0 Å². The summed E-state index contributed by atoms with van der Waals surface area (Å²) < 4.78 is 0. The molecule has 0 spiro atoms. The molecule has 1 aliphatic rings. The van der Waals surface area contributed by atoms with Crippen molar-refractivity contribution in [3.8, 4) is 0 Å². The number of rotatable bonds is 2. The summed E-state index contributed by atoms with van der Waals surface area (Å²) >= 11 is 0. The first-order valence-electron chi connectivity index (χ1n) is 6.10. The monoisotopic (exact) mass is 254 g/mol. The van der Waals surface area contributed by atoms with E-state index in [1.807, 2.05) is 0 Å². The molecule has 18 heavy (non-hydrogen) atoms. The van der Waals surface area contributed by atoms with Gasteiger partial charge in [-0.3, -0.25) is 10.1 Å². The number of nitrogens with one attached hydrogen (secondary N) is 1. The number of urea groups is 1. The van der Waals surface area contributed by atoms with Gasteiger partial charge < -0.3 is 10.0 Å². The molecule has 0 atom stereocenters. The van der Waals surface area contributed by atoms with Crippen molar-refractivity contribution in [3.63, 3.8) is 0 Å². The lowest BCUT2D eigenvalue weighted by atomic mass is 10.1. The molecule has 1 aliphatic heterocycles. The van der Waals surface area contributed by atoms with E-state index in [1.54, 1.807) is 4.90 Å². The zero-order chi connectivity index (χ0) is 13.4. The van der Waals surface area contributed by atoms with Gasteiger partial charge in [-0.05, 0) is 12.8 Å². The summed E-state index contributed by atoms with van der Waals surface area (Å²) in [7, 11) is 0. The molecule has 6 heteroatoms. The standard InChI is InChI=1S/C12H18N2O4/c15-10(6-7-11(16)17)13-12(18)14-8-4-2-1-3-5-9-14/h6-7H,1-5,8-9H2,(H,16,17)(H,13,15,18)/b7-6+. The fourth-order valence-electron chi connectivity index (χ4n) is 1.82. The number of hydrogen-bond acceptors (Lipinski definition) is 3. The van der Waals surface area contributed by atoms with E-state index in [-0.39, 0.29) is 0 Å². The maximum atomic E-state index is 11.7. The highest BCUT2D eigenvalue weighted by atomic mass is 16.4. The number of aliphatic carboxylic acids is 1. The molecule has 1 fully saturated rings. The Morgan fingerprint density at radius 2 is 1.50 bits per heavy atom. The molecular weight excluding hydrogens is 236 g/mol. The summed E-state index contributed by atoms with van der Waals surface area (Å²) in [6.45, 7) is 1.28. The quantitative estimate of drug-likeness (QED) is 0.723. The summed E-state index contributed by atoms with van der Waals surface area (Å²) in [6, 6.07) is -0.447. The number of imide groups is 1. The number of amides is 3. The van der Waals surface area contributed by atoms with Gasteiger partial charge in [0.15, 0.2) is 0 Å². The molecule has 0 aromatic heterocycles. The minimum atomic E-state index is -1.22. The van der Waals surface area contributed by atoms with E-state index in [9.17, 15) is 14.4 Å². The van der Waals surface area contributed by atoms with Crippen LogP contribution in [0.25, 0.3) is 0 Å². The van der Waals surface area contributed by atoms with Crippen molar-refractivity contribution in [2.75, 3.05) is 13.1 Å². The zero-order valence-corrected chi connectivity index (χ0v) is 10.2. The van der Waals surface area contributed by atoms with Crippen LogP contribution in [-0.4, -0.2) is 41.0 Å². The van der Waals surface area contributed by atoms with Crippen LogP contribution >= 0.6 is 0 Å². The van der Waals surface area contributed by atoms with Crippen LogP contribution in [0.5, 0.6) is 0 Å². The Labute approximate surface area is 106 Å². The van der Waals surface area contributed by atoms with Crippen molar-refractivity contribution in [2.45, 2.75) is 32.1 Å². The van der Waals surface area contributed by atoms with Crippen LogP contribution in [0.2, 0.25) is 0 Å². The molecule has 0 aromatic carbocycles. The number of nitrogens with zero attached hydrogens (tertiary/aromatic N) is 1. The van der Waals surface area contributed by atoms with E-state index in [0.717, 1.165) is 31.8 Å². The third kappa shape index (κ3) is 5.47. The van der Waals surface area contributed by atoms with Crippen molar-refractivity contribution >= 4 is 17.9 Å². The molecular formula is C12H18N2O4. The number of likely N-dealkylation sites (tertiary alicyclic amines) is 1. The van der Waals surface area contributed by atoms with Gasteiger partial charge in [-0.15, -0.1) is 0 Å². The number of carboxylic acid groups (broad SMARTS) is 1. The molecule has 2 N–H and O–H groups in total. The number of carbonyl (C=O) groups is 3. The summed E-state index contributed by atoms with van der Waals surface area (Å²) in [6.07, 6.45) is 6.79. The predicted molar refractivity (Wildman–Crippen MR) is 65.0 cm³/mol. The fraction of sp³-hybridized carbons (Fsp3) is 0.583. The van der Waals surface area contributed by atoms with Gasteiger partial charge in [-0.25, -0.2) is 9.59 Å². The lowest BCUT2D eigenvalue weighted by Gasteiger charge is -2.24. The Balaban J connectivity index is 2.42. The molecule has 0 unspecified atom stereocenters. The summed E-state index contributed by atoms with van der Waals surface area (Å²) in [5, 5.41) is 10.5. The first-order valence-corrected chi connectivity index (χ1v) is 6.10. The van der Waals surface area contributed by atoms with E-state index in [2.05, 4.69) is 5.32 Å². The SMILES string of the molecule is O=C(O)/C=C/C(=O)NC(=O)N1CCCCCCC1. The lowest BCUT2D eigenvalue weighted by molar-refractivity contribution is -0.131. The minimum absolute atomic E-state index is 0.447. The van der Waals surface area contributed by atoms with E-state index in [0.29, 0.717) is 19.2 Å². The maximum Gasteiger partial charge on any atom is 0.328 e. The van der Waals surface area contributed by atoms with E-state index < -0.39 is 17.9 Å². The lowest BCUT2D eigenvalue weighted by Crippen LogP contribution is -2.43. The van der Waals surface area contributed by atoms with E-state index in [4.69, 9.17) is 5.11 Å². The van der Waals surface area contributed by atoms with E-state index in [1.165, 1.54) is 6.42 Å². The fourth-order valence-corrected chi connectivity index (χ4v) is 1.82. The van der Waals surface area contributed by atoms with Crippen molar-refractivity contribution in [1.29, 1.82) is 0 Å². The van der Waals surface area contributed by atoms with Crippen LogP contribution in [0.4, 0.5) is 4.79 Å². The van der Waals surface area contributed by atoms with Gasteiger partial charge in [0.05, 0.1) is 0 Å². The summed E-state index contributed by atoms with van der Waals surface area (Å²) in [5.74, 6) is -1.92. The second-order valence-corrected chi connectivity index (χ2v) is 4.22. The molecule has 100 valence electrons. The molecule has 0 aliphatic carbocycles. The van der Waals surface area contributed by atoms with E-state index >= 15 is 0 Å². The highest BCUT2D eigenvalue weighted by molar-refractivity contribution is 6.02. The second kappa shape index (κ2) is 7.47. The Morgan fingerprint density at radius 3 is 2.06 bits per heavy atom. The van der Waals surface area contributed by atoms with Gasteiger partial charge in [-0.2, -0.15) is 0 Å². The van der Waals surface area contributed by atoms with Gasteiger partial charge in [0.25, 0.3) is 5.91 Å². The van der Waals surface area contributed by atoms with Gasteiger partial charge in [0.2, 0.25) is 0 Å². The van der Waals surface area contributed by atoms with Crippen LogP contribution in [0.15, 0.2) is 12.2 Å². The first kappa shape index (κ1) is 14.2. The average molecular weight is 254 g/mol. The Morgan fingerprint density at radius 1 is 0.944 bits per heavy atom. The molecule has 0 aromatic rings. The number of carboxylic acids is 1. The van der Waals surface area contributed by atoms with Crippen LogP contribution in [0.1, 0.15) is 32.1 Å². The predicted octanol–water partition coefficient (Wildman–Crippen LogP) is 1.13. The normalized spacial score (nSPS) is 17.0. The molecule has 3 amide bonds. The van der Waals surface area contributed by atoms with Crippen LogP contribution in [-0.2, 0) is 9.59 Å². The Kier molecular flexibility index (Phi) is 5.90. The minimum Gasteiger partial charge on any atom is -0.478 e. The molecule has 0 radical (unpaired) electrons. The van der Waals surface area contributed by atoms with Crippen molar-refractivity contribution in [1.82, 2.24) is 10.2 Å². The molecule has 0 bridgehead atoms. The Bertz CT molecular complexity index is 344. The van der Waals surface area contributed by atoms with Crippen molar-refractivity contribution in [2.24, 2.45) is 0 Å². The molecule has 1 saturated heterocycles. The first-order chi connectivity index (χ1) is 8.59. The zero-order valence-electron chi connectivity index (χ0n) is 10.2. The Hall–Kier alpha value is -1.85. The maximum absolute atomic E-state index is 11.7. The van der Waals surface area contributed by atoms with Crippen LogP contribution in [0, 0.1) is 0 Å². The van der Waals surface area contributed by atoms with Crippen molar-refractivity contribution in [3.05, 3.63) is 12.2 Å². The summed E-state index contributed by atoms with van der Waals surface area (Å²) in [4.78, 5) is 34.8. The average Bonchev–Trinajstić information content (AvgIpc) is 2.25. The van der Waals surface area contributed by atoms with Crippen molar-refractivity contribution < 1.29 is 19.5 Å². The highest BCUT2D eigenvalue weighted by Gasteiger charge is 2.15. The van der Waals surface area contributed by atoms with Gasteiger partial charge in [0, 0.05) is 25.2 Å². The molecule has 6 nitrogen and oxygen atoms in total. The number of carbonyl (C=O) groups excluding carboxylic acids is 2. The topological polar surface area (TPSA) is 86.7 Å². The highest BCUT2D eigenvalue weighted by Crippen LogP contribution is 2.10. The third-order valence-corrected chi connectivity index (χ3v) is 2.75.